The van der Waals surface area contributed by atoms with Gasteiger partial charge < -0.3 is 11.1 Å². The summed E-state index contributed by atoms with van der Waals surface area (Å²) in [7, 11) is 0. The summed E-state index contributed by atoms with van der Waals surface area (Å²) in [6.07, 6.45) is 3.48. The van der Waals surface area contributed by atoms with Crippen LogP contribution >= 0.6 is 0 Å². The summed E-state index contributed by atoms with van der Waals surface area (Å²) in [5, 5.41) is 3.41. The molecule has 18 heavy (non-hydrogen) atoms. The average molecular weight is 250 g/mol. The quantitative estimate of drug-likeness (QED) is 0.778. The number of nitrogen functional groups attached to an aromatic ring is 1. The van der Waals surface area contributed by atoms with Gasteiger partial charge in [0.2, 0.25) is 0 Å². The summed E-state index contributed by atoms with van der Waals surface area (Å²) in [4.78, 5) is 0. The molecule has 0 heterocycles. The van der Waals surface area contributed by atoms with Gasteiger partial charge in [-0.25, -0.2) is 4.39 Å². The molecule has 1 aliphatic carbocycles. The Hall–Kier alpha value is -1.25. The number of hydrogen-bond acceptors (Lipinski definition) is 2. The molecule has 1 aromatic carbocycles. The van der Waals surface area contributed by atoms with Gasteiger partial charge in [0.25, 0.3) is 0 Å². The van der Waals surface area contributed by atoms with Crippen LogP contribution in [0.1, 0.15) is 40.0 Å². The van der Waals surface area contributed by atoms with E-state index >= 15 is 0 Å². The van der Waals surface area contributed by atoms with Crippen molar-refractivity contribution in [3.05, 3.63) is 24.0 Å². The maximum absolute atomic E-state index is 13.4. The lowest BCUT2D eigenvalue weighted by atomic mass is 9.70. The third-order valence-electron chi connectivity index (χ3n) is 3.80. The molecule has 2 rings (SSSR count). The molecule has 2 atom stereocenters. The number of nitrogens with one attached hydrogen (secondary N) is 1. The molecule has 1 aromatic rings. The highest BCUT2D eigenvalue weighted by molar-refractivity contribution is 5.66. The van der Waals surface area contributed by atoms with Crippen molar-refractivity contribution < 1.29 is 4.39 Å². The Morgan fingerprint density at radius 2 is 2.06 bits per heavy atom. The number of halogens is 1. The van der Waals surface area contributed by atoms with Crippen LogP contribution < -0.4 is 11.1 Å². The van der Waals surface area contributed by atoms with Crippen molar-refractivity contribution >= 4 is 11.4 Å². The predicted molar refractivity (Wildman–Crippen MR) is 75.0 cm³/mol. The second-order valence-electron chi connectivity index (χ2n) is 6.46. The number of para-hydroxylation sites is 1. The largest absolute Gasteiger partial charge is 0.395 e. The summed E-state index contributed by atoms with van der Waals surface area (Å²) >= 11 is 0. The van der Waals surface area contributed by atoms with Gasteiger partial charge in [0.1, 0.15) is 5.82 Å². The number of rotatable bonds is 2. The van der Waals surface area contributed by atoms with Crippen molar-refractivity contribution in [3.63, 3.8) is 0 Å². The molecule has 100 valence electrons. The molecular formula is C15H23FN2. The Balaban J connectivity index is 2.11. The molecule has 0 amide bonds. The highest BCUT2D eigenvalue weighted by Gasteiger charge is 2.32. The van der Waals surface area contributed by atoms with Crippen molar-refractivity contribution in [2.75, 3.05) is 11.1 Å². The molecule has 0 aromatic heterocycles. The van der Waals surface area contributed by atoms with Crippen molar-refractivity contribution in [1.82, 2.24) is 0 Å². The Kier molecular flexibility index (Phi) is 3.51. The van der Waals surface area contributed by atoms with Gasteiger partial charge in [-0.05, 0) is 42.7 Å². The van der Waals surface area contributed by atoms with Crippen LogP contribution in [0.5, 0.6) is 0 Å². The van der Waals surface area contributed by atoms with Crippen molar-refractivity contribution in [1.29, 1.82) is 0 Å². The second-order valence-corrected chi connectivity index (χ2v) is 6.46. The lowest BCUT2D eigenvalue weighted by Gasteiger charge is -2.39. The third kappa shape index (κ3) is 2.95. The maximum atomic E-state index is 13.4. The highest BCUT2D eigenvalue weighted by Crippen LogP contribution is 2.40. The molecule has 0 spiro atoms. The van der Waals surface area contributed by atoms with Crippen molar-refractivity contribution in [2.45, 2.75) is 46.1 Å². The van der Waals surface area contributed by atoms with E-state index in [4.69, 9.17) is 5.73 Å². The van der Waals surface area contributed by atoms with Crippen molar-refractivity contribution in [3.8, 4) is 0 Å². The first kappa shape index (κ1) is 13.2. The van der Waals surface area contributed by atoms with E-state index in [1.165, 1.54) is 12.5 Å². The van der Waals surface area contributed by atoms with Gasteiger partial charge in [-0.3, -0.25) is 0 Å². The van der Waals surface area contributed by atoms with Crippen LogP contribution in [0.15, 0.2) is 18.2 Å². The molecule has 0 aliphatic heterocycles. The molecular weight excluding hydrogens is 227 g/mol. The fraction of sp³-hybridized carbons (Fsp3) is 0.600. The van der Waals surface area contributed by atoms with Crippen molar-refractivity contribution in [2.24, 2.45) is 11.3 Å². The van der Waals surface area contributed by atoms with Gasteiger partial charge in [-0.15, -0.1) is 0 Å². The molecule has 3 N–H and O–H groups in total. The number of benzene rings is 1. The molecule has 0 unspecified atom stereocenters. The molecule has 2 nitrogen and oxygen atoms in total. The van der Waals surface area contributed by atoms with Gasteiger partial charge >= 0.3 is 0 Å². The Morgan fingerprint density at radius 3 is 2.72 bits per heavy atom. The molecule has 0 radical (unpaired) electrons. The Morgan fingerprint density at radius 1 is 1.33 bits per heavy atom. The van der Waals surface area contributed by atoms with Crippen LogP contribution in [0.2, 0.25) is 0 Å². The first-order valence-corrected chi connectivity index (χ1v) is 6.68. The molecule has 0 bridgehead atoms. The Bertz CT molecular complexity index is 429. The zero-order valence-corrected chi connectivity index (χ0v) is 11.5. The minimum absolute atomic E-state index is 0.230. The van der Waals surface area contributed by atoms with Gasteiger partial charge in [0, 0.05) is 6.04 Å². The fourth-order valence-corrected chi connectivity index (χ4v) is 3.34. The van der Waals surface area contributed by atoms with Gasteiger partial charge in [-0.1, -0.05) is 26.8 Å². The van der Waals surface area contributed by atoms with Gasteiger partial charge in [0.15, 0.2) is 0 Å². The van der Waals surface area contributed by atoms with E-state index in [2.05, 4.69) is 26.1 Å². The first-order valence-electron chi connectivity index (χ1n) is 6.68. The Labute approximate surface area is 109 Å². The van der Waals surface area contributed by atoms with Crippen LogP contribution in [-0.2, 0) is 0 Å². The minimum Gasteiger partial charge on any atom is -0.395 e. The fourth-order valence-electron chi connectivity index (χ4n) is 3.34. The topological polar surface area (TPSA) is 38.0 Å². The van der Waals surface area contributed by atoms with Crippen LogP contribution in [0.4, 0.5) is 15.8 Å². The SMILES string of the molecule is C[C@@H]1C[C@H](Nc2cccc(F)c2N)CC(C)(C)C1. The maximum Gasteiger partial charge on any atom is 0.148 e. The van der Waals surface area contributed by atoms with Crippen LogP contribution in [0.3, 0.4) is 0 Å². The van der Waals surface area contributed by atoms with E-state index in [0.29, 0.717) is 17.4 Å². The number of hydrogen-bond donors (Lipinski definition) is 2. The zero-order valence-electron chi connectivity index (χ0n) is 11.5. The monoisotopic (exact) mass is 250 g/mol. The smallest absolute Gasteiger partial charge is 0.148 e. The standard InChI is InChI=1S/C15H23FN2/c1-10-7-11(9-15(2,3)8-10)18-13-6-4-5-12(16)14(13)17/h4-6,10-11,18H,7-9,17H2,1-3H3/t10-,11+/m1/s1. The number of nitrogens with two attached hydrogens (primary N) is 1. The predicted octanol–water partition coefficient (Wildman–Crippen LogP) is 4.03. The molecule has 3 heteroatoms. The highest BCUT2D eigenvalue weighted by atomic mass is 19.1. The molecule has 1 aliphatic rings. The van der Waals surface area contributed by atoms with Crippen LogP contribution in [-0.4, -0.2) is 6.04 Å². The molecule has 0 saturated heterocycles. The van der Waals surface area contributed by atoms with E-state index in [1.54, 1.807) is 6.07 Å². The summed E-state index contributed by atoms with van der Waals surface area (Å²) in [5.41, 5.74) is 7.07. The average Bonchev–Trinajstić information content (AvgIpc) is 2.22. The molecule has 1 fully saturated rings. The summed E-state index contributed by atoms with van der Waals surface area (Å²) in [6.45, 7) is 6.88. The summed E-state index contributed by atoms with van der Waals surface area (Å²) in [6, 6.07) is 5.33. The van der Waals surface area contributed by atoms with Gasteiger partial charge in [0.05, 0.1) is 11.4 Å². The first-order chi connectivity index (χ1) is 8.37. The lowest BCUT2D eigenvalue weighted by molar-refractivity contribution is 0.178. The minimum atomic E-state index is -0.344. The van der Waals surface area contributed by atoms with E-state index in [1.807, 2.05) is 6.07 Å². The zero-order chi connectivity index (χ0) is 13.3. The van der Waals surface area contributed by atoms with E-state index in [9.17, 15) is 4.39 Å². The number of anilines is 2. The van der Waals surface area contributed by atoms with Crippen LogP contribution in [0, 0.1) is 17.2 Å². The van der Waals surface area contributed by atoms with E-state index in [-0.39, 0.29) is 11.5 Å². The second kappa shape index (κ2) is 4.79. The van der Waals surface area contributed by atoms with E-state index < -0.39 is 0 Å². The molecule has 1 saturated carbocycles. The normalized spacial score (nSPS) is 26.9. The van der Waals surface area contributed by atoms with Gasteiger partial charge in [-0.2, -0.15) is 0 Å². The lowest BCUT2D eigenvalue weighted by Crippen LogP contribution is -2.35. The van der Waals surface area contributed by atoms with E-state index in [0.717, 1.165) is 18.5 Å². The summed E-state index contributed by atoms with van der Waals surface area (Å²) < 4.78 is 13.4. The third-order valence-corrected chi connectivity index (χ3v) is 3.80. The van der Waals surface area contributed by atoms with Crippen LogP contribution in [0.25, 0.3) is 0 Å². The summed E-state index contributed by atoms with van der Waals surface area (Å²) in [5.74, 6) is 0.351.